The highest BCUT2D eigenvalue weighted by Gasteiger charge is 2.69. The summed E-state index contributed by atoms with van der Waals surface area (Å²) in [5.74, 6) is -1.70. The van der Waals surface area contributed by atoms with Gasteiger partial charge < -0.3 is 39.7 Å². The molecule has 0 spiro atoms. The summed E-state index contributed by atoms with van der Waals surface area (Å²) in [4.78, 5) is 26.2. The minimum atomic E-state index is -1.71. The fourth-order valence-corrected chi connectivity index (χ4v) is 4.00. The number of ether oxygens (including phenoxy) is 3. The van der Waals surface area contributed by atoms with Crippen LogP contribution in [0.4, 0.5) is 0 Å². The molecule has 0 saturated carbocycles. The number of rotatable bonds is 5. The molecule has 2 aliphatic heterocycles. The lowest BCUT2D eigenvalue weighted by atomic mass is 9.79. The summed E-state index contributed by atoms with van der Waals surface area (Å²) in [5.41, 5.74) is -0.911. The van der Waals surface area contributed by atoms with Crippen molar-refractivity contribution in [2.75, 3.05) is 6.61 Å². The Bertz CT molecular complexity index is 950. The summed E-state index contributed by atoms with van der Waals surface area (Å²) in [5, 5.41) is 49.7. The van der Waals surface area contributed by atoms with Gasteiger partial charge in [0.15, 0.2) is 17.5 Å². The average molecular weight is 436 g/mol. The van der Waals surface area contributed by atoms with Crippen molar-refractivity contribution in [1.29, 1.82) is 0 Å². The van der Waals surface area contributed by atoms with E-state index in [2.05, 4.69) is 0 Å². The number of hydrogen-bond acceptors (Lipinski definition) is 10. The second-order valence-corrected chi connectivity index (χ2v) is 8.21. The number of aromatic hydroxyl groups is 1. The van der Waals surface area contributed by atoms with E-state index in [0.29, 0.717) is 0 Å². The molecule has 0 unspecified atom stereocenters. The monoisotopic (exact) mass is 436 g/mol. The smallest absolute Gasteiger partial charge is 0.229 e. The fraction of sp³-hybridized carbons (Fsp3) is 0.524. The Hall–Kier alpha value is -2.34. The molecule has 1 aromatic carbocycles. The third kappa shape index (κ3) is 3.36. The van der Waals surface area contributed by atoms with Gasteiger partial charge in [-0.05, 0) is 26.0 Å². The van der Waals surface area contributed by atoms with Gasteiger partial charge in [-0.2, -0.15) is 0 Å². The van der Waals surface area contributed by atoms with Crippen LogP contribution in [0.15, 0.2) is 23.8 Å². The van der Waals surface area contributed by atoms with E-state index in [1.54, 1.807) is 6.08 Å². The number of allylic oxidation sites excluding steroid dienone is 1. The SMILES string of the molecule is CC(C)=CC[C@@]12O[C@@H]1C(=O)c1c(O)ccc(O[C@@H]3O[C@H](CO)[C@@H](O)[C@H](O)[C@H]3O)c1C2=O. The van der Waals surface area contributed by atoms with Gasteiger partial charge in [0.1, 0.15) is 35.9 Å². The first-order valence-electron chi connectivity index (χ1n) is 9.85. The van der Waals surface area contributed by atoms with E-state index in [-0.39, 0.29) is 23.3 Å². The first-order chi connectivity index (χ1) is 14.6. The summed E-state index contributed by atoms with van der Waals surface area (Å²) in [7, 11) is 0. The van der Waals surface area contributed by atoms with Crippen LogP contribution in [0, 0.1) is 0 Å². The van der Waals surface area contributed by atoms with E-state index in [9.17, 15) is 35.1 Å². The topological polar surface area (TPSA) is 166 Å². The van der Waals surface area contributed by atoms with Gasteiger partial charge in [0.2, 0.25) is 12.1 Å². The lowest BCUT2D eigenvalue weighted by Crippen LogP contribution is -2.60. The number of epoxide rings is 1. The number of phenolic OH excluding ortho intramolecular Hbond substituents is 1. The molecule has 168 valence electrons. The van der Waals surface area contributed by atoms with Crippen molar-refractivity contribution in [2.24, 2.45) is 0 Å². The Morgan fingerprint density at radius 3 is 2.48 bits per heavy atom. The van der Waals surface area contributed by atoms with E-state index in [1.807, 2.05) is 13.8 Å². The molecule has 2 saturated heterocycles. The molecule has 0 amide bonds. The maximum Gasteiger partial charge on any atom is 0.229 e. The van der Waals surface area contributed by atoms with E-state index in [1.165, 1.54) is 6.07 Å². The molecule has 4 rings (SSSR count). The number of fused-ring (bicyclic) bond motifs is 2. The van der Waals surface area contributed by atoms with Crippen LogP contribution in [0.5, 0.6) is 11.5 Å². The molecule has 2 fully saturated rings. The summed E-state index contributed by atoms with van der Waals surface area (Å²) in [6.07, 6.45) is -6.80. The Morgan fingerprint density at radius 2 is 1.84 bits per heavy atom. The third-order valence-electron chi connectivity index (χ3n) is 5.84. The van der Waals surface area contributed by atoms with Gasteiger partial charge in [-0.3, -0.25) is 9.59 Å². The predicted octanol–water partition coefficient (Wildman–Crippen LogP) is -0.556. The minimum Gasteiger partial charge on any atom is -0.507 e. The van der Waals surface area contributed by atoms with Crippen molar-refractivity contribution in [2.45, 2.75) is 62.7 Å². The average Bonchev–Trinajstić information content (AvgIpc) is 3.48. The molecule has 10 heteroatoms. The minimum absolute atomic E-state index is 0.166. The quantitative estimate of drug-likeness (QED) is 0.298. The highest BCUT2D eigenvalue weighted by Crippen LogP contribution is 2.52. The number of aliphatic hydroxyl groups excluding tert-OH is 4. The van der Waals surface area contributed by atoms with Crippen LogP contribution >= 0.6 is 0 Å². The number of carbonyl (C=O) groups is 2. The van der Waals surface area contributed by atoms with Gasteiger partial charge in [0, 0.05) is 6.42 Å². The second-order valence-electron chi connectivity index (χ2n) is 8.21. The number of phenols is 1. The van der Waals surface area contributed by atoms with Crippen molar-refractivity contribution >= 4 is 11.6 Å². The molecule has 10 nitrogen and oxygen atoms in total. The molecular weight excluding hydrogens is 412 g/mol. The number of aliphatic hydroxyl groups is 4. The molecule has 7 atom stereocenters. The molecular formula is C21H24O10. The summed E-state index contributed by atoms with van der Waals surface area (Å²) >= 11 is 0. The summed E-state index contributed by atoms with van der Waals surface area (Å²) < 4.78 is 16.5. The van der Waals surface area contributed by atoms with Crippen molar-refractivity contribution in [3.63, 3.8) is 0 Å². The lowest BCUT2D eigenvalue weighted by molar-refractivity contribution is -0.277. The second kappa shape index (κ2) is 7.66. The number of hydrogen-bond donors (Lipinski definition) is 5. The maximum atomic E-state index is 13.3. The van der Waals surface area contributed by atoms with E-state index < -0.39 is 66.3 Å². The molecule has 2 heterocycles. The molecule has 0 radical (unpaired) electrons. The molecule has 5 N–H and O–H groups in total. The molecule has 0 aromatic heterocycles. The largest absolute Gasteiger partial charge is 0.507 e. The van der Waals surface area contributed by atoms with Crippen LogP contribution in [0.2, 0.25) is 0 Å². The molecule has 0 bridgehead atoms. The van der Waals surface area contributed by atoms with Gasteiger partial charge in [-0.15, -0.1) is 0 Å². The lowest BCUT2D eigenvalue weighted by Gasteiger charge is -2.39. The van der Waals surface area contributed by atoms with Crippen LogP contribution < -0.4 is 4.74 Å². The van der Waals surface area contributed by atoms with Crippen LogP contribution in [0.1, 0.15) is 41.0 Å². The van der Waals surface area contributed by atoms with Crippen molar-refractivity contribution in [1.82, 2.24) is 0 Å². The van der Waals surface area contributed by atoms with Crippen LogP contribution in [-0.2, 0) is 9.47 Å². The highest BCUT2D eigenvalue weighted by atomic mass is 16.7. The van der Waals surface area contributed by atoms with Crippen molar-refractivity contribution in [3.8, 4) is 11.5 Å². The zero-order valence-electron chi connectivity index (χ0n) is 16.9. The maximum absolute atomic E-state index is 13.3. The standard InChI is InChI=1S/C21H24O10/c1-8(2)5-6-21-18(28)13-10(4-3-9(23)12(13)15(25)19(21)31-21)29-20-17(27)16(26)14(24)11(7-22)30-20/h3-5,11,14,16-17,19-20,22-24,26-27H,6-7H2,1-2H3/t11-,14-,16+,17-,19-,20-,21+/m1/s1. The van der Waals surface area contributed by atoms with Crippen LogP contribution in [0.25, 0.3) is 0 Å². The molecule has 1 aromatic rings. The molecule has 1 aliphatic carbocycles. The molecule has 31 heavy (non-hydrogen) atoms. The van der Waals surface area contributed by atoms with Gasteiger partial charge >= 0.3 is 0 Å². The van der Waals surface area contributed by atoms with E-state index in [0.717, 1.165) is 11.6 Å². The third-order valence-corrected chi connectivity index (χ3v) is 5.84. The van der Waals surface area contributed by atoms with Gasteiger partial charge in [0.05, 0.1) is 17.7 Å². The zero-order valence-corrected chi connectivity index (χ0v) is 16.9. The Balaban J connectivity index is 1.71. The van der Waals surface area contributed by atoms with Gasteiger partial charge in [-0.25, -0.2) is 0 Å². The number of benzene rings is 1. The number of ketones is 2. The van der Waals surface area contributed by atoms with Crippen molar-refractivity contribution in [3.05, 3.63) is 34.9 Å². The molecule has 3 aliphatic rings. The van der Waals surface area contributed by atoms with E-state index >= 15 is 0 Å². The van der Waals surface area contributed by atoms with Crippen LogP contribution in [-0.4, -0.2) is 86.1 Å². The Morgan fingerprint density at radius 1 is 1.13 bits per heavy atom. The Kier molecular flexibility index (Phi) is 5.41. The highest BCUT2D eigenvalue weighted by molar-refractivity contribution is 6.25. The number of carbonyl (C=O) groups excluding carboxylic acids is 2. The van der Waals surface area contributed by atoms with Crippen LogP contribution in [0.3, 0.4) is 0 Å². The number of Topliss-reactive ketones (excluding diaryl/α,β-unsaturated/α-hetero) is 2. The first kappa shape index (κ1) is 21.9. The zero-order chi connectivity index (χ0) is 22.7. The first-order valence-corrected chi connectivity index (χ1v) is 9.85. The van der Waals surface area contributed by atoms with Crippen molar-refractivity contribution < 1.29 is 49.3 Å². The summed E-state index contributed by atoms with van der Waals surface area (Å²) in [6.45, 7) is 3.03. The Labute approximate surface area is 177 Å². The normalized spacial score (nSPS) is 36.5. The summed E-state index contributed by atoms with van der Waals surface area (Å²) in [6, 6.07) is 2.40. The van der Waals surface area contributed by atoms with E-state index in [4.69, 9.17) is 14.2 Å². The van der Waals surface area contributed by atoms with Gasteiger partial charge in [-0.1, -0.05) is 11.6 Å². The van der Waals surface area contributed by atoms with Gasteiger partial charge in [0.25, 0.3) is 0 Å². The fourth-order valence-electron chi connectivity index (χ4n) is 4.00. The predicted molar refractivity (Wildman–Crippen MR) is 103 cm³/mol.